The predicted molar refractivity (Wildman–Crippen MR) is 63.1 cm³/mol. The maximum absolute atomic E-state index is 10.8. The number of carbonyl (C=O) groups is 1. The van der Waals surface area contributed by atoms with Crippen molar-refractivity contribution in [1.82, 2.24) is 0 Å². The molecule has 0 aromatic heterocycles. The van der Waals surface area contributed by atoms with Crippen LogP contribution in [0, 0.1) is 0 Å². The summed E-state index contributed by atoms with van der Waals surface area (Å²) >= 11 is 3.40. The summed E-state index contributed by atoms with van der Waals surface area (Å²) in [4.78, 5) is 12.9. The van der Waals surface area contributed by atoms with E-state index in [0.29, 0.717) is 0 Å². The molecule has 0 unspecified atom stereocenters. The molecule has 0 spiro atoms. The fourth-order valence-electron chi connectivity index (χ4n) is 1.40. The van der Waals surface area contributed by atoms with E-state index in [4.69, 9.17) is 0 Å². The van der Waals surface area contributed by atoms with Gasteiger partial charge >= 0.3 is 0 Å². The first-order valence-electron chi connectivity index (χ1n) is 4.65. The quantitative estimate of drug-likeness (QED) is 0.771. The highest BCUT2D eigenvalue weighted by atomic mass is 79.9. The molecule has 0 saturated heterocycles. The summed E-state index contributed by atoms with van der Waals surface area (Å²) in [7, 11) is 2.00. The molecule has 0 heterocycles. The van der Waals surface area contributed by atoms with E-state index in [9.17, 15) is 4.79 Å². The summed E-state index contributed by atoms with van der Waals surface area (Å²) in [6.45, 7) is 3.08. The molecule has 1 aromatic rings. The second kappa shape index (κ2) is 5.15. The van der Waals surface area contributed by atoms with Crippen LogP contribution in [-0.4, -0.2) is 19.9 Å². The van der Waals surface area contributed by atoms with E-state index in [-0.39, 0.29) is 0 Å². The Morgan fingerprint density at radius 2 is 2.21 bits per heavy atom. The van der Waals surface area contributed by atoms with E-state index in [0.717, 1.165) is 35.0 Å². The monoisotopic (exact) mass is 255 g/mol. The minimum atomic E-state index is 0.740. The van der Waals surface area contributed by atoms with Crippen LogP contribution < -0.4 is 4.90 Å². The smallest absolute Gasteiger partial charge is 0.152 e. The number of anilines is 1. The van der Waals surface area contributed by atoms with Crippen LogP contribution in [0.3, 0.4) is 0 Å². The number of halogens is 1. The van der Waals surface area contributed by atoms with Crippen molar-refractivity contribution in [3.05, 3.63) is 28.2 Å². The number of benzene rings is 1. The maximum Gasteiger partial charge on any atom is 0.152 e. The number of hydrogen-bond acceptors (Lipinski definition) is 2. The molecular weight excluding hydrogens is 242 g/mol. The highest BCUT2D eigenvalue weighted by Crippen LogP contribution is 2.23. The van der Waals surface area contributed by atoms with Crippen LogP contribution in [0.15, 0.2) is 22.7 Å². The maximum atomic E-state index is 10.8. The van der Waals surface area contributed by atoms with Gasteiger partial charge in [-0.05, 0) is 24.6 Å². The highest BCUT2D eigenvalue weighted by Gasteiger charge is 2.06. The SMILES string of the molecule is CCCN(C)c1cc(Br)ccc1C=O. The molecule has 0 N–H and O–H groups in total. The molecule has 0 atom stereocenters. The number of carbonyl (C=O) groups excluding carboxylic acids is 1. The molecule has 14 heavy (non-hydrogen) atoms. The fourth-order valence-corrected chi connectivity index (χ4v) is 1.75. The Morgan fingerprint density at radius 1 is 1.50 bits per heavy atom. The van der Waals surface area contributed by atoms with Gasteiger partial charge in [0.15, 0.2) is 6.29 Å². The van der Waals surface area contributed by atoms with Crippen molar-refractivity contribution in [3.8, 4) is 0 Å². The van der Waals surface area contributed by atoms with Gasteiger partial charge in [0.2, 0.25) is 0 Å². The standard InChI is InChI=1S/C11H14BrNO/c1-3-6-13(2)11-7-10(12)5-4-9(11)8-14/h4-5,7-8H,3,6H2,1-2H3. The zero-order chi connectivity index (χ0) is 10.6. The van der Waals surface area contributed by atoms with Gasteiger partial charge in [-0.1, -0.05) is 22.9 Å². The number of aldehydes is 1. The molecule has 3 heteroatoms. The second-order valence-corrected chi connectivity index (χ2v) is 4.16. The first-order chi connectivity index (χ1) is 6.69. The third-order valence-corrected chi connectivity index (χ3v) is 2.58. The van der Waals surface area contributed by atoms with Crippen molar-refractivity contribution in [3.63, 3.8) is 0 Å². The van der Waals surface area contributed by atoms with Crippen molar-refractivity contribution in [1.29, 1.82) is 0 Å². The Morgan fingerprint density at radius 3 is 2.79 bits per heavy atom. The van der Waals surface area contributed by atoms with Gasteiger partial charge in [-0.25, -0.2) is 0 Å². The largest absolute Gasteiger partial charge is 0.374 e. The first kappa shape index (κ1) is 11.2. The van der Waals surface area contributed by atoms with E-state index in [1.54, 1.807) is 0 Å². The van der Waals surface area contributed by atoms with E-state index in [1.165, 1.54) is 0 Å². The summed E-state index contributed by atoms with van der Waals surface area (Å²) in [5, 5.41) is 0. The van der Waals surface area contributed by atoms with Crippen LogP contribution >= 0.6 is 15.9 Å². The lowest BCUT2D eigenvalue weighted by atomic mass is 10.2. The van der Waals surface area contributed by atoms with E-state index in [1.807, 2.05) is 25.2 Å². The van der Waals surface area contributed by atoms with Gasteiger partial charge in [-0.3, -0.25) is 4.79 Å². The van der Waals surface area contributed by atoms with Crippen LogP contribution in [0.2, 0.25) is 0 Å². The van der Waals surface area contributed by atoms with Gasteiger partial charge in [-0.15, -0.1) is 0 Å². The van der Waals surface area contributed by atoms with Crippen molar-refractivity contribution in [2.24, 2.45) is 0 Å². The van der Waals surface area contributed by atoms with Gasteiger partial charge < -0.3 is 4.90 Å². The molecule has 0 fully saturated rings. The first-order valence-corrected chi connectivity index (χ1v) is 5.44. The average molecular weight is 256 g/mol. The third-order valence-electron chi connectivity index (χ3n) is 2.09. The molecule has 2 nitrogen and oxygen atoms in total. The zero-order valence-electron chi connectivity index (χ0n) is 8.46. The van der Waals surface area contributed by atoms with Crippen LogP contribution in [0.5, 0.6) is 0 Å². The minimum absolute atomic E-state index is 0.740. The molecule has 0 aliphatic rings. The molecule has 0 aliphatic carbocycles. The summed E-state index contributed by atoms with van der Waals surface area (Å²) in [5.74, 6) is 0. The van der Waals surface area contributed by atoms with Crippen molar-refractivity contribution in [2.45, 2.75) is 13.3 Å². The van der Waals surface area contributed by atoms with Gasteiger partial charge in [0.1, 0.15) is 0 Å². The minimum Gasteiger partial charge on any atom is -0.374 e. The van der Waals surface area contributed by atoms with E-state index < -0.39 is 0 Å². The molecule has 1 rings (SSSR count). The Labute approximate surface area is 93.0 Å². The summed E-state index contributed by atoms with van der Waals surface area (Å²) < 4.78 is 1.00. The average Bonchev–Trinajstić information content (AvgIpc) is 2.18. The molecular formula is C11H14BrNO. The summed E-state index contributed by atoms with van der Waals surface area (Å²) in [5.41, 5.74) is 1.72. The van der Waals surface area contributed by atoms with E-state index >= 15 is 0 Å². The molecule has 76 valence electrons. The fraction of sp³-hybridized carbons (Fsp3) is 0.364. The van der Waals surface area contributed by atoms with Gasteiger partial charge in [0.05, 0.1) is 0 Å². The lowest BCUT2D eigenvalue weighted by molar-refractivity contribution is 0.112. The number of rotatable bonds is 4. The Hall–Kier alpha value is -0.830. The van der Waals surface area contributed by atoms with Crippen LogP contribution in [0.1, 0.15) is 23.7 Å². The Kier molecular flexibility index (Phi) is 4.14. The Balaban J connectivity index is 3.03. The van der Waals surface area contributed by atoms with Gasteiger partial charge in [0.25, 0.3) is 0 Å². The Bertz CT molecular complexity index is 325. The summed E-state index contributed by atoms with van der Waals surface area (Å²) in [6.07, 6.45) is 1.97. The zero-order valence-corrected chi connectivity index (χ0v) is 10.0. The van der Waals surface area contributed by atoms with Gasteiger partial charge in [0, 0.05) is 29.3 Å². The lowest BCUT2D eigenvalue weighted by Gasteiger charge is -2.20. The number of nitrogens with zero attached hydrogens (tertiary/aromatic N) is 1. The molecule has 0 saturated carbocycles. The molecule has 0 aliphatic heterocycles. The highest BCUT2D eigenvalue weighted by molar-refractivity contribution is 9.10. The van der Waals surface area contributed by atoms with E-state index in [2.05, 4.69) is 27.8 Å². The molecule has 0 bridgehead atoms. The second-order valence-electron chi connectivity index (χ2n) is 3.24. The third kappa shape index (κ3) is 2.58. The predicted octanol–water partition coefficient (Wildman–Crippen LogP) is 3.11. The summed E-state index contributed by atoms with van der Waals surface area (Å²) in [6, 6.07) is 5.69. The molecule has 0 radical (unpaired) electrons. The van der Waals surface area contributed by atoms with Gasteiger partial charge in [-0.2, -0.15) is 0 Å². The topological polar surface area (TPSA) is 20.3 Å². The normalized spacial score (nSPS) is 9.93. The van der Waals surface area contributed by atoms with Crippen molar-refractivity contribution in [2.75, 3.05) is 18.5 Å². The van der Waals surface area contributed by atoms with Crippen molar-refractivity contribution >= 4 is 27.9 Å². The van der Waals surface area contributed by atoms with Crippen LogP contribution in [-0.2, 0) is 0 Å². The van der Waals surface area contributed by atoms with Crippen LogP contribution in [0.4, 0.5) is 5.69 Å². The van der Waals surface area contributed by atoms with Crippen molar-refractivity contribution < 1.29 is 4.79 Å². The van der Waals surface area contributed by atoms with Crippen LogP contribution in [0.25, 0.3) is 0 Å². The molecule has 1 aromatic carbocycles. The lowest BCUT2D eigenvalue weighted by Crippen LogP contribution is -2.19. The molecule has 0 amide bonds. The number of hydrogen-bond donors (Lipinski definition) is 0.